The third-order valence-corrected chi connectivity index (χ3v) is 3.34. The van der Waals surface area contributed by atoms with Crippen LogP contribution in [0.15, 0.2) is 48.5 Å². The van der Waals surface area contributed by atoms with Crippen LogP contribution in [0.4, 0.5) is 0 Å². The molecule has 6 heteroatoms. The predicted octanol–water partition coefficient (Wildman–Crippen LogP) is 2.53. The highest BCUT2D eigenvalue weighted by Gasteiger charge is 2.09. The summed E-state index contributed by atoms with van der Waals surface area (Å²) >= 11 is 0. The van der Waals surface area contributed by atoms with Crippen LogP contribution in [0.25, 0.3) is 11.4 Å². The Hall–Kier alpha value is -3.02. The summed E-state index contributed by atoms with van der Waals surface area (Å²) in [7, 11) is 0. The van der Waals surface area contributed by atoms with Crippen LogP contribution >= 0.6 is 0 Å². The zero-order valence-corrected chi connectivity index (χ0v) is 12.0. The Bertz CT molecular complexity index is 767. The van der Waals surface area contributed by atoms with Crippen molar-refractivity contribution in [1.29, 1.82) is 0 Å². The summed E-state index contributed by atoms with van der Waals surface area (Å²) in [6.45, 7) is 2.25. The van der Waals surface area contributed by atoms with E-state index < -0.39 is 0 Å². The van der Waals surface area contributed by atoms with Crippen molar-refractivity contribution in [2.75, 3.05) is 0 Å². The van der Waals surface area contributed by atoms with Crippen LogP contribution in [0.3, 0.4) is 0 Å². The minimum Gasteiger partial charge on any atom is -0.457 e. The van der Waals surface area contributed by atoms with Gasteiger partial charge in [-0.25, -0.2) is 4.79 Å². The highest BCUT2D eigenvalue weighted by molar-refractivity contribution is 5.89. The number of aromatic nitrogens is 4. The number of hydrogen-bond acceptors (Lipinski definition) is 5. The Morgan fingerprint density at radius 1 is 1.14 bits per heavy atom. The maximum Gasteiger partial charge on any atom is 0.338 e. The Morgan fingerprint density at radius 3 is 2.59 bits per heavy atom. The molecule has 2 aromatic carbocycles. The SMILES string of the molecule is Cc1ccccc1COC(=O)c1ccc(-c2nn[nH]n2)cc1. The molecule has 110 valence electrons. The van der Waals surface area contributed by atoms with Gasteiger partial charge in [0.1, 0.15) is 6.61 Å². The third-order valence-electron chi connectivity index (χ3n) is 3.34. The summed E-state index contributed by atoms with van der Waals surface area (Å²) < 4.78 is 5.34. The first-order valence-corrected chi connectivity index (χ1v) is 6.79. The summed E-state index contributed by atoms with van der Waals surface area (Å²) in [4.78, 5) is 12.1. The normalized spacial score (nSPS) is 10.4. The molecule has 1 aromatic heterocycles. The molecular formula is C16H14N4O2. The highest BCUT2D eigenvalue weighted by Crippen LogP contribution is 2.15. The van der Waals surface area contributed by atoms with Crippen molar-refractivity contribution in [2.24, 2.45) is 0 Å². The van der Waals surface area contributed by atoms with E-state index in [-0.39, 0.29) is 12.6 Å². The lowest BCUT2D eigenvalue weighted by molar-refractivity contribution is 0.0472. The summed E-state index contributed by atoms with van der Waals surface area (Å²) in [6, 6.07) is 14.7. The van der Waals surface area contributed by atoms with Crippen LogP contribution in [0, 0.1) is 6.92 Å². The fraction of sp³-hybridized carbons (Fsp3) is 0.125. The first-order chi connectivity index (χ1) is 10.7. The van der Waals surface area contributed by atoms with Gasteiger partial charge in [0.15, 0.2) is 0 Å². The second-order valence-corrected chi connectivity index (χ2v) is 4.82. The smallest absolute Gasteiger partial charge is 0.338 e. The van der Waals surface area contributed by atoms with Crippen molar-refractivity contribution < 1.29 is 9.53 Å². The Labute approximate surface area is 127 Å². The molecule has 0 aliphatic heterocycles. The predicted molar refractivity (Wildman–Crippen MR) is 79.9 cm³/mol. The number of hydrogen-bond donors (Lipinski definition) is 1. The maximum absolute atomic E-state index is 12.1. The van der Waals surface area contributed by atoms with E-state index in [9.17, 15) is 4.79 Å². The van der Waals surface area contributed by atoms with Crippen LogP contribution in [0.1, 0.15) is 21.5 Å². The number of nitrogens with zero attached hydrogens (tertiary/aromatic N) is 3. The van der Waals surface area contributed by atoms with Crippen molar-refractivity contribution in [3.63, 3.8) is 0 Å². The molecule has 0 bridgehead atoms. The van der Waals surface area contributed by atoms with Gasteiger partial charge in [-0.1, -0.05) is 36.4 Å². The summed E-state index contributed by atoms with van der Waals surface area (Å²) in [6.07, 6.45) is 0. The number of esters is 1. The van der Waals surface area contributed by atoms with E-state index in [2.05, 4.69) is 20.6 Å². The molecule has 0 aliphatic carbocycles. The number of aromatic amines is 1. The number of carbonyl (C=O) groups excluding carboxylic acids is 1. The van der Waals surface area contributed by atoms with Gasteiger partial charge in [0, 0.05) is 5.56 Å². The zero-order chi connectivity index (χ0) is 15.4. The van der Waals surface area contributed by atoms with E-state index in [1.165, 1.54) is 0 Å². The number of aryl methyl sites for hydroxylation is 1. The van der Waals surface area contributed by atoms with E-state index in [1.54, 1.807) is 24.3 Å². The topological polar surface area (TPSA) is 80.8 Å². The molecule has 0 spiro atoms. The van der Waals surface area contributed by atoms with Crippen molar-refractivity contribution in [1.82, 2.24) is 20.6 Å². The molecule has 0 atom stereocenters. The van der Waals surface area contributed by atoms with Gasteiger partial charge in [-0.05, 0) is 35.4 Å². The number of carbonyl (C=O) groups is 1. The average molecular weight is 294 g/mol. The minimum atomic E-state index is -0.358. The molecule has 6 nitrogen and oxygen atoms in total. The first-order valence-electron chi connectivity index (χ1n) is 6.79. The van der Waals surface area contributed by atoms with Gasteiger partial charge in [-0.15, -0.1) is 10.2 Å². The number of tetrazole rings is 1. The molecule has 1 heterocycles. The van der Waals surface area contributed by atoms with Gasteiger partial charge < -0.3 is 4.74 Å². The van der Waals surface area contributed by atoms with Crippen molar-refractivity contribution in [3.8, 4) is 11.4 Å². The fourth-order valence-electron chi connectivity index (χ4n) is 2.04. The van der Waals surface area contributed by atoms with E-state index in [1.807, 2.05) is 31.2 Å². The van der Waals surface area contributed by atoms with Gasteiger partial charge in [-0.2, -0.15) is 5.21 Å². The summed E-state index contributed by atoms with van der Waals surface area (Å²) in [5.74, 6) is 0.128. The van der Waals surface area contributed by atoms with E-state index in [0.717, 1.165) is 16.7 Å². The molecule has 3 rings (SSSR count). The van der Waals surface area contributed by atoms with Crippen LogP contribution in [-0.4, -0.2) is 26.6 Å². The molecule has 22 heavy (non-hydrogen) atoms. The van der Waals surface area contributed by atoms with Gasteiger partial charge in [0.05, 0.1) is 5.56 Å². The number of rotatable bonds is 4. The lowest BCUT2D eigenvalue weighted by Gasteiger charge is -2.07. The Balaban J connectivity index is 1.67. The molecule has 0 amide bonds. The van der Waals surface area contributed by atoms with Crippen molar-refractivity contribution in [2.45, 2.75) is 13.5 Å². The van der Waals surface area contributed by atoms with Crippen LogP contribution in [0.2, 0.25) is 0 Å². The molecule has 0 unspecified atom stereocenters. The molecule has 0 fully saturated rings. The molecule has 0 saturated carbocycles. The lowest BCUT2D eigenvalue weighted by Crippen LogP contribution is -2.05. The second kappa shape index (κ2) is 6.17. The largest absolute Gasteiger partial charge is 0.457 e. The van der Waals surface area contributed by atoms with Crippen LogP contribution in [0.5, 0.6) is 0 Å². The standard InChI is InChI=1S/C16H14N4O2/c1-11-4-2-3-5-14(11)10-22-16(21)13-8-6-12(7-9-13)15-17-19-20-18-15/h2-9H,10H2,1H3,(H,17,18,19,20). The summed E-state index contributed by atoms with van der Waals surface area (Å²) in [5.41, 5.74) is 3.37. The highest BCUT2D eigenvalue weighted by atomic mass is 16.5. The monoisotopic (exact) mass is 294 g/mol. The molecule has 0 saturated heterocycles. The van der Waals surface area contributed by atoms with E-state index in [4.69, 9.17) is 4.74 Å². The quantitative estimate of drug-likeness (QED) is 0.748. The Kier molecular flexibility index (Phi) is 3.91. The van der Waals surface area contributed by atoms with Gasteiger partial charge in [0.25, 0.3) is 0 Å². The van der Waals surface area contributed by atoms with Gasteiger partial charge in [-0.3, -0.25) is 0 Å². The van der Waals surface area contributed by atoms with Gasteiger partial charge >= 0.3 is 5.97 Å². The molecule has 3 aromatic rings. The van der Waals surface area contributed by atoms with Crippen molar-refractivity contribution in [3.05, 3.63) is 65.2 Å². The number of H-pyrrole nitrogens is 1. The average Bonchev–Trinajstić information content (AvgIpc) is 3.08. The first kappa shape index (κ1) is 13.9. The molecule has 0 aliphatic rings. The van der Waals surface area contributed by atoms with E-state index in [0.29, 0.717) is 11.4 Å². The van der Waals surface area contributed by atoms with Crippen LogP contribution < -0.4 is 0 Å². The number of benzene rings is 2. The third kappa shape index (κ3) is 3.01. The van der Waals surface area contributed by atoms with Crippen molar-refractivity contribution >= 4 is 5.97 Å². The molecule has 0 radical (unpaired) electrons. The minimum absolute atomic E-state index is 0.262. The maximum atomic E-state index is 12.1. The number of nitrogens with one attached hydrogen (secondary N) is 1. The zero-order valence-electron chi connectivity index (χ0n) is 12.0. The van der Waals surface area contributed by atoms with Crippen LogP contribution in [-0.2, 0) is 11.3 Å². The fourth-order valence-corrected chi connectivity index (χ4v) is 2.04. The lowest BCUT2D eigenvalue weighted by atomic mass is 10.1. The van der Waals surface area contributed by atoms with E-state index >= 15 is 0 Å². The second-order valence-electron chi connectivity index (χ2n) is 4.82. The molecule has 1 N–H and O–H groups in total. The number of ether oxygens (including phenoxy) is 1. The summed E-state index contributed by atoms with van der Waals surface area (Å²) in [5, 5.41) is 13.7. The molecular weight excluding hydrogens is 280 g/mol. The van der Waals surface area contributed by atoms with Gasteiger partial charge in [0.2, 0.25) is 5.82 Å². The Morgan fingerprint density at radius 2 is 1.91 bits per heavy atom.